The zero-order valence-electron chi connectivity index (χ0n) is 12.6. The van der Waals surface area contributed by atoms with Crippen molar-refractivity contribution >= 4 is 188 Å². The van der Waals surface area contributed by atoms with E-state index in [4.69, 9.17) is 4.21 Å². The average molecular weight is 697 g/mol. The number of hydrogen-bond donors (Lipinski definition) is 6. The fourth-order valence-corrected chi connectivity index (χ4v) is 0. The molecule has 0 saturated carbocycles. The van der Waals surface area contributed by atoms with Crippen LogP contribution in [0.2, 0.25) is 0 Å². The molecule has 0 aliphatic carbocycles. The van der Waals surface area contributed by atoms with Crippen LogP contribution in [0.15, 0.2) is 0 Å². The Morgan fingerprint density at radius 1 is 0.407 bits per heavy atom. The molecule has 0 aliphatic rings. The SMILES string of the molecule is NC(=S)[S-].NC(=S)[S-].NC(=S)[S-].NC(=S)[S-].NC(=S)[S-].NC(=S)[S-].O=S.[Mo]. The van der Waals surface area contributed by atoms with Crippen LogP contribution in [-0.2, 0) is 109 Å². The summed E-state index contributed by atoms with van der Waals surface area (Å²) < 4.78 is 8.33. The van der Waals surface area contributed by atoms with Crippen LogP contribution in [0.4, 0.5) is 0 Å². The van der Waals surface area contributed by atoms with Gasteiger partial charge >= 0.3 is 0 Å². The molecule has 0 heterocycles. The maximum atomic E-state index is 7.83. The minimum atomic E-state index is 0. The molecule has 0 aliphatic heterocycles. The van der Waals surface area contributed by atoms with Crippen LogP contribution < -0.4 is 34.4 Å². The van der Waals surface area contributed by atoms with Gasteiger partial charge in [0.1, 0.15) is 0 Å². The maximum Gasteiger partial charge on any atom is 0.197 e. The summed E-state index contributed by atoms with van der Waals surface area (Å²) in [6.07, 6.45) is 0. The summed E-state index contributed by atoms with van der Waals surface area (Å²) in [6.45, 7) is 0. The Morgan fingerprint density at radius 3 is 0.407 bits per heavy atom. The summed E-state index contributed by atoms with van der Waals surface area (Å²) in [7, 11) is 0. The van der Waals surface area contributed by atoms with E-state index in [-0.39, 0.29) is 47.0 Å². The van der Waals surface area contributed by atoms with Crippen molar-refractivity contribution in [2.75, 3.05) is 0 Å². The van der Waals surface area contributed by atoms with E-state index in [2.05, 4.69) is 196 Å². The predicted molar refractivity (Wildman–Crippen MR) is 153 cm³/mol. The topological polar surface area (TPSA) is 173 Å². The Morgan fingerprint density at radius 2 is 0.407 bits per heavy atom. The van der Waals surface area contributed by atoms with E-state index in [1.165, 1.54) is 0 Å². The van der Waals surface area contributed by atoms with Gasteiger partial charge < -0.3 is 183 Å². The molecule has 0 rings (SSSR count). The van der Waals surface area contributed by atoms with Gasteiger partial charge in [-0.05, 0) is 0 Å². The summed E-state index contributed by atoms with van der Waals surface area (Å²) in [6, 6.07) is 0. The van der Waals surface area contributed by atoms with Crippen LogP contribution in [0, 0.1) is 0 Å². The molecule has 0 aromatic heterocycles. The molecule has 21 heteroatoms. The quantitative estimate of drug-likeness (QED) is 0.0963. The molecule has 0 radical (unpaired) electrons. The van der Waals surface area contributed by atoms with Crippen molar-refractivity contribution in [3.8, 4) is 0 Å². The average Bonchev–Trinajstić information content (AvgIpc) is 2.25. The van der Waals surface area contributed by atoms with E-state index >= 15 is 0 Å². The molecule has 0 bridgehead atoms. The van der Waals surface area contributed by atoms with E-state index in [0.29, 0.717) is 0 Å². The molecule has 0 atom stereocenters. The fraction of sp³-hybridized carbons (Fsp3) is 0. The van der Waals surface area contributed by atoms with E-state index in [1.54, 1.807) is 0 Å². The third-order valence-electron chi connectivity index (χ3n) is 0. The van der Waals surface area contributed by atoms with E-state index in [0.717, 1.165) is 0 Å². The van der Waals surface area contributed by atoms with Gasteiger partial charge in [-0.1, -0.05) is 25.9 Å². The van der Waals surface area contributed by atoms with E-state index in [1.807, 2.05) is 0 Å². The van der Waals surface area contributed by atoms with Gasteiger partial charge in [-0.15, -0.1) is 0 Å². The Balaban J connectivity index is -0.0000000260. The van der Waals surface area contributed by atoms with Crippen LogP contribution >= 0.6 is 73.3 Å². The van der Waals surface area contributed by atoms with Crippen molar-refractivity contribution in [3.63, 3.8) is 0 Å². The van der Waals surface area contributed by atoms with E-state index < -0.39 is 0 Å². The first-order valence-corrected chi connectivity index (χ1v) is 9.58. The van der Waals surface area contributed by atoms with Crippen molar-refractivity contribution < 1.29 is 25.3 Å². The molecular formula is C6H12MoN6OS13-6. The van der Waals surface area contributed by atoms with Crippen LogP contribution in [0.1, 0.15) is 0 Å². The number of hydrogen-bond acceptors (Lipinski definition) is 14. The second-order valence-corrected chi connectivity index (χ2v) is 8.74. The number of thiocarbonyl (C=S) groups is 6. The summed E-state index contributed by atoms with van der Waals surface area (Å²) in [5, 5.41) is 0. The standard InChI is InChI=1S/6CH3NS2.Mo.OS/c6*2-1(3)4;;1-2/h6*(H3,2,3,4);;/p-6. The van der Waals surface area contributed by atoms with Gasteiger partial charge in [0.15, 0.2) is 12.5 Å². The summed E-state index contributed by atoms with van der Waals surface area (Å²) in [5.74, 6) is 0. The van der Waals surface area contributed by atoms with Crippen molar-refractivity contribution in [3.05, 3.63) is 0 Å². The Bertz CT molecular complexity index is 294. The Hall–Kier alpha value is 1.37. The third-order valence-corrected chi connectivity index (χ3v) is 0. The van der Waals surface area contributed by atoms with Gasteiger partial charge in [-0.25, -0.2) is 0 Å². The first kappa shape index (κ1) is 51.2. The van der Waals surface area contributed by atoms with Gasteiger partial charge in [0.2, 0.25) is 0 Å². The van der Waals surface area contributed by atoms with E-state index in [9.17, 15) is 0 Å². The molecule has 0 aromatic carbocycles. The Labute approximate surface area is 244 Å². The van der Waals surface area contributed by atoms with Gasteiger partial charge in [-0.2, -0.15) is 4.21 Å². The minimum Gasteiger partial charge on any atom is -0.415 e. The Kier molecular flexibility index (Phi) is 96.2. The first-order valence-electron chi connectivity index (χ1n) is 4.35. The molecule has 27 heavy (non-hydrogen) atoms. The fourth-order valence-electron chi connectivity index (χ4n) is 0. The largest absolute Gasteiger partial charge is 0.415 e. The summed E-state index contributed by atoms with van der Waals surface area (Å²) >= 11 is 52.4. The van der Waals surface area contributed by atoms with Gasteiger partial charge in [-0.3, -0.25) is 0 Å². The molecule has 0 aromatic rings. The van der Waals surface area contributed by atoms with Gasteiger partial charge in [0, 0.05) is 21.1 Å². The molecule has 0 saturated heterocycles. The van der Waals surface area contributed by atoms with Crippen molar-refractivity contribution in [1.82, 2.24) is 0 Å². The molecule has 0 amide bonds. The van der Waals surface area contributed by atoms with Gasteiger partial charge in [0.05, 0.1) is 0 Å². The zero-order valence-corrected chi connectivity index (χ0v) is 25.2. The van der Waals surface area contributed by atoms with Crippen LogP contribution in [0.25, 0.3) is 0 Å². The predicted octanol–water partition coefficient (Wildman–Crippen LogP) is -1.68. The second kappa shape index (κ2) is 50.7. The molecule has 0 fully saturated rings. The van der Waals surface area contributed by atoms with Crippen LogP contribution in [-0.4, -0.2) is 30.1 Å². The van der Waals surface area contributed by atoms with Crippen molar-refractivity contribution in [1.29, 1.82) is 0 Å². The smallest absolute Gasteiger partial charge is 0.197 e. The molecule has 0 unspecified atom stereocenters. The summed E-state index contributed by atoms with van der Waals surface area (Å²) in [4.78, 5) is 0. The molecular weight excluding hydrogens is 685 g/mol. The normalized spacial score (nSPS) is 5.48. The minimum absolute atomic E-state index is 0. The maximum absolute atomic E-state index is 7.83. The number of rotatable bonds is 0. The zero-order chi connectivity index (χ0) is 23.5. The summed E-state index contributed by atoms with van der Waals surface area (Å²) in [5.41, 5.74) is 27.9. The molecule has 12 N–H and O–H groups in total. The van der Waals surface area contributed by atoms with Gasteiger partial charge in [0.25, 0.3) is 0 Å². The van der Waals surface area contributed by atoms with Crippen molar-refractivity contribution in [2.24, 2.45) is 34.4 Å². The van der Waals surface area contributed by atoms with Crippen LogP contribution in [0.3, 0.4) is 0 Å². The molecule has 7 nitrogen and oxygen atoms in total. The van der Waals surface area contributed by atoms with Crippen molar-refractivity contribution in [2.45, 2.75) is 0 Å². The first-order chi connectivity index (χ1) is 11.4. The molecule has 162 valence electrons. The molecule has 0 spiro atoms. The monoisotopic (exact) mass is 698 g/mol. The third kappa shape index (κ3) is 9410. The number of nitrogens with two attached hydrogens (primary N) is 6. The second-order valence-electron chi connectivity index (χ2n) is 1.91. The van der Waals surface area contributed by atoms with Crippen LogP contribution in [0.5, 0.6) is 0 Å².